The van der Waals surface area contributed by atoms with Crippen LogP contribution >= 0.6 is 0 Å². The highest BCUT2D eigenvalue weighted by molar-refractivity contribution is 4.73. The molecule has 0 bridgehead atoms. The Morgan fingerprint density at radius 2 is 1.95 bits per heavy atom. The molecule has 2 N–H and O–H groups in total. The summed E-state index contributed by atoms with van der Waals surface area (Å²) < 4.78 is 11.3. The van der Waals surface area contributed by atoms with Gasteiger partial charge in [-0.05, 0) is 24.7 Å². The lowest BCUT2D eigenvalue weighted by Gasteiger charge is -2.29. The average Bonchev–Trinajstić information content (AvgIpc) is 2.41. The van der Waals surface area contributed by atoms with Crippen LogP contribution in [0.3, 0.4) is 0 Å². The maximum Gasteiger partial charge on any atom is 0.0897 e. The molecule has 0 aromatic rings. The van der Waals surface area contributed by atoms with Gasteiger partial charge in [0.25, 0.3) is 0 Å². The Labute approximate surface area is 124 Å². The van der Waals surface area contributed by atoms with Gasteiger partial charge in [0, 0.05) is 19.7 Å². The summed E-state index contributed by atoms with van der Waals surface area (Å²) in [4.78, 5) is 0. The van der Waals surface area contributed by atoms with Gasteiger partial charge < -0.3 is 19.9 Å². The minimum atomic E-state index is -0.422. The molecule has 0 saturated heterocycles. The van der Waals surface area contributed by atoms with Crippen LogP contribution in [-0.4, -0.2) is 50.2 Å². The lowest BCUT2D eigenvalue weighted by Crippen LogP contribution is -2.35. The summed E-state index contributed by atoms with van der Waals surface area (Å²) in [7, 11) is 0. The van der Waals surface area contributed by atoms with Crippen molar-refractivity contribution in [1.29, 1.82) is 0 Å². The fraction of sp³-hybridized carbons (Fsp3) is 1.00. The van der Waals surface area contributed by atoms with E-state index < -0.39 is 6.10 Å². The molecule has 0 radical (unpaired) electrons. The molecular formula is C16H33NO3. The second-order valence-corrected chi connectivity index (χ2v) is 6.46. The van der Waals surface area contributed by atoms with Crippen LogP contribution in [0.2, 0.25) is 0 Å². The first-order chi connectivity index (χ1) is 9.59. The summed E-state index contributed by atoms with van der Waals surface area (Å²) in [5, 5.41) is 13.1. The van der Waals surface area contributed by atoms with Crippen LogP contribution in [0.25, 0.3) is 0 Å². The van der Waals surface area contributed by atoms with E-state index in [9.17, 15) is 5.11 Å². The van der Waals surface area contributed by atoms with Crippen molar-refractivity contribution in [2.75, 3.05) is 32.9 Å². The zero-order chi connectivity index (χ0) is 14.8. The van der Waals surface area contributed by atoms with Crippen LogP contribution in [0.15, 0.2) is 0 Å². The fourth-order valence-corrected chi connectivity index (χ4v) is 2.56. The summed E-state index contributed by atoms with van der Waals surface area (Å²) in [5.41, 5.74) is 0. The number of hydrogen-bond donors (Lipinski definition) is 2. The second-order valence-electron chi connectivity index (χ2n) is 6.46. The monoisotopic (exact) mass is 287 g/mol. The van der Waals surface area contributed by atoms with Crippen molar-refractivity contribution in [2.45, 2.75) is 58.7 Å². The molecule has 1 fully saturated rings. The largest absolute Gasteiger partial charge is 0.389 e. The Balaban J connectivity index is 1.96. The van der Waals surface area contributed by atoms with Crippen LogP contribution < -0.4 is 5.32 Å². The molecule has 0 spiro atoms. The third-order valence-electron chi connectivity index (χ3n) is 3.79. The average molecular weight is 287 g/mol. The van der Waals surface area contributed by atoms with Gasteiger partial charge in [-0.1, -0.05) is 33.6 Å². The highest BCUT2D eigenvalue weighted by Crippen LogP contribution is 2.26. The Bertz CT molecular complexity index is 236. The highest BCUT2D eigenvalue weighted by atomic mass is 16.5. The molecule has 3 unspecified atom stereocenters. The zero-order valence-electron chi connectivity index (χ0n) is 13.4. The van der Waals surface area contributed by atoms with Crippen molar-refractivity contribution in [3.63, 3.8) is 0 Å². The van der Waals surface area contributed by atoms with E-state index in [1.807, 2.05) is 0 Å². The van der Waals surface area contributed by atoms with Crippen molar-refractivity contribution in [2.24, 2.45) is 11.8 Å². The Hall–Kier alpha value is -0.160. The molecule has 4 nitrogen and oxygen atoms in total. The first-order valence-electron chi connectivity index (χ1n) is 8.17. The van der Waals surface area contributed by atoms with Crippen molar-refractivity contribution in [3.8, 4) is 0 Å². The van der Waals surface area contributed by atoms with E-state index >= 15 is 0 Å². The minimum Gasteiger partial charge on any atom is -0.389 e. The fourth-order valence-electron chi connectivity index (χ4n) is 2.56. The van der Waals surface area contributed by atoms with Crippen LogP contribution in [0.4, 0.5) is 0 Å². The third-order valence-corrected chi connectivity index (χ3v) is 3.79. The quantitative estimate of drug-likeness (QED) is 0.605. The van der Waals surface area contributed by atoms with Crippen molar-refractivity contribution >= 4 is 0 Å². The van der Waals surface area contributed by atoms with Crippen molar-refractivity contribution < 1.29 is 14.6 Å². The van der Waals surface area contributed by atoms with E-state index in [-0.39, 0.29) is 0 Å². The Kier molecular flexibility index (Phi) is 9.44. The standard InChI is InChI=1S/C16H33NO3/c1-13(2)11-19-9-8-17-10-15(18)12-20-16-7-5-4-6-14(16)3/h13-18H,4-12H2,1-3H3. The molecule has 0 heterocycles. The molecular weight excluding hydrogens is 254 g/mol. The van der Waals surface area contributed by atoms with E-state index in [0.29, 0.717) is 37.7 Å². The molecule has 20 heavy (non-hydrogen) atoms. The first kappa shape index (κ1) is 17.9. The maximum atomic E-state index is 9.88. The van der Waals surface area contributed by atoms with Gasteiger partial charge in [-0.2, -0.15) is 0 Å². The molecule has 1 aliphatic carbocycles. The van der Waals surface area contributed by atoms with Crippen LogP contribution in [-0.2, 0) is 9.47 Å². The van der Waals surface area contributed by atoms with Gasteiger partial charge in [0.2, 0.25) is 0 Å². The number of aliphatic hydroxyl groups excluding tert-OH is 1. The number of rotatable bonds is 10. The Morgan fingerprint density at radius 1 is 1.20 bits per heavy atom. The van der Waals surface area contributed by atoms with Gasteiger partial charge in [-0.3, -0.25) is 0 Å². The molecule has 0 aromatic carbocycles. The van der Waals surface area contributed by atoms with E-state index in [2.05, 4.69) is 26.1 Å². The number of ether oxygens (including phenoxy) is 2. The van der Waals surface area contributed by atoms with Gasteiger partial charge in [-0.25, -0.2) is 0 Å². The molecule has 0 amide bonds. The number of aliphatic hydroxyl groups is 1. The maximum absolute atomic E-state index is 9.88. The summed E-state index contributed by atoms with van der Waals surface area (Å²) >= 11 is 0. The summed E-state index contributed by atoms with van der Waals surface area (Å²) in [5.74, 6) is 1.21. The lowest BCUT2D eigenvalue weighted by atomic mass is 9.88. The minimum absolute atomic E-state index is 0.341. The number of nitrogens with one attached hydrogen (secondary N) is 1. The topological polar surface area (TPSA) is 50.7 Å². The van der Waals surface area contributed by atoms with E-state index in [1.54, 1.807) is 0 Å². The van der Waals surface area contributed by atoms with Crippen molar-refractivity contribution in [1.82, 2.24) is 5.32 Å². The predicted molar refractivity (Wildman–Crippen MR) is 81.9 cm³/mol. The normalized spacial score (nSPS) is 25.1. The number of hydrogen-bond acceptors (Lipinski definition) is 4. The SMILES string of the molecule is CC(C)COCCNCC(O)COC1CCCCC1C. The molecule has 4 heteroatoms. The van der Waals surface area contributed by atoms with Gasteiger partial charge in [-0.15, -0.1) is 0 Å². The molecule has 0 aliphatic heterocycles. The van der Waals surface area contributed by atoms with Gasteiger partial charge in [0.15, 0.2) is 0 Å². The highest BCUT2D eigenvalue weighted by Gasteiger charge is 2.22. The van der Waals surface area contributed by atoms with Crippen LogP contribution in [0, 0.1) is 11.8 Å². The van der Waals surface area contributed by atoms with E-state index in [0.717, 1.165) is 19.6 Å². The molecule has 120 valence electrons. The Morgan fingerprint density at radius 3 is 2.65 bits per heavy atom. The van der Waals surface area contributed by atoms with Gasteiger partial charge in [0.05, 0.1) is 25.4 Å². The predicted octanol–water partition coefficient (Wildman–Crippen LogP) is 2.20. The van der Waals surface area contributed by atoms with Gasteiger partial charge in [0.1, 0.15) is 0 Å². The second kappa shape index (κ2) is 10.6. The summed E-state index contributed by atoms with van der Waals surface area (Å²) in [6, 6.07) is 0. The molecule has 1 saturated carbocycles. The molecule has 1 rings (SSSR count). The lowest BCUT2D eigenvalue weighted by molar-refractivity contribution is -0.0453. The van der Waals surface area contributed by atoms with Crippen molar-refractivity contribution in [3.05, 3.63) is 0 Å². The zero-order valence-corrected chi connectivity index (χ0v) is 13.4. The summed E-state index contributed by atoms with van der Waals surface area (Å²) in [6.45, 7) is 9.82. The molecule has 3 atom stereocenters. The van der Waals surface area contributed by atoms with Crippen LogP contribution in [0.5, 0.6) is 0 Å². The third kappa shape index (κ3) is 8.20. The molecule has 0 aromatic heterocycles. The van der Waals surface area contributed by atoms with E-state index in [4.69, 9.17) is 9.47 Å². The van der Waals surface area contributed by atoms with Crippen LogP contribution in [0.1, 0.15) is 46.5 Å². The first-order valence-corrected chi connectivity index (χ1v) is 8.17. The molecule has 1 aliphatic rings. The van der Waals surface area contributed by atoms with Gasteiger partial charge >= 0.3 is 0 Å². The summed E-state index contributed by atoms with van der Waals surface area (Å²) in [6.07, 6.45) is 4.90. The smallest absolute Gasteiger partial charge is 0.0897 e. The van der Waals surface area contributed by atoms with E-state index in [1.165, 1.54) is 19.3 Å².